The molecule has 7 heteroatoms. The van der Waals surface area contributed by atoms with Gasteiger partial charge in [-0.05, 0) is 43.7 Å². The number of halogens is 1. The van der Waals surface area contributed by atoms with Gasteiger partial charge < -0.3 is 20.2 Å². The smallest absolute Gasteiger partial charge is 0.245 e. The Morgan fingerprint density at radius 3 is 2.34 bits per heavy atom. The number of aromatic hydroxyl groups is 1. The number of likely N-dealkylation sites (N-methyl/N-ethyl adjacent to an activating group) is 1. The van der Waals surface area contributed by atoms with Crippen molar-refractivity contribution in [3.8, 4) is 5.75 Å². The number of amides is 1. The molecule has 2 aromatic carbocycles. The molecule has 152 valence electrons. The Kier molecular flexibility index (Phi) is 5.00. The third-order valence-corrected chi connectivity index (χ3v) is 6.14. The minimum atomic E-state index is -1.37. The molecule has 2 aromatic rings. The number of anilines is 2. The van der Waals surface area contributed by atoms with Crippen LogP contribution in [-0.2, 0) is 10.2 Å². The van der Waals surface area contributed by atoms with Crippen molar-refractivity contribution in [2.45, 2.75) is 19.3 Å². The summed E-state index contributed by atoms with van der Waals surface area (Å²) in [5, 5.41) is 13.5. The number of ketones is 1. The largest absolute Gasteiger partial charge is 0.508 e. The molecule has 0 radical (unpaired) electrons. The number of carbonyl (C=O) groups excluding carboxylic acids is 2. The first kappa shape index (κ1) is 19.7. The van der Waals surface area contributed by atoms with Gasteiger partial charge in [0.2, 0.25) is 5.91 Å². The van der Waals surface area contributed by atoms with Crippen LogP contribution in [0.15, 0.2) is 36.4 Å². The first-order chi connectivity index (χ1) is 13.9. The summed E-state index contributed by atoms with van der Waals surface area (Å²) in [6, 6.07) is 9.83. The summed E-state index contributed by atoms with van der Waals surface area (Å²) >= 11 is 6.40. The van der Waals surface area contributed by atoms with Crippen LogP contribution in [-0.4, -0.2) is 49.5 Å². The number of rotatable bonds is 3. The Hall–Kier alpha value is -2.57. The molecule has 29 heavy (non-hydrogen) atoms. The molecule has 2 heterocycles. The number of benzene rings is 2. The molecule has 0 saturated carbocycles. The van der Waals surface area contributed by atoms with Crippen molar-refractivity contribution in [1.82, 2.24) is 5.32 Å². The maximum atomic E-state index is 13.9. The normalized spacial score (nSPS) is 22.0. The lowest BCUT2D eigenvalue weighted by atomic mass is 9.71. The van der Waals surface area contributed by atoms with Gasteiger partial charge in [-0.25, -0.2) is 0 Å². The van der Waals surface area contributed by atoms with Crippen LogP contribution in [0.25, 0.3) is 0 Å². The fraction of sp³-hybridized carbons (Fsp3) is 0.364. The van der Waals surface area contributed by atoms with E-state index < -0.39 is 5.41 Å². The first-order valence-electron chi connectivity index (χ1n) is 9.83. The van der Waals surface area contributed by atoms with E-state index in [-0.39, 0.29) is 17.4 Å². The van der Waals surface area contributed by atoms with Crippen LogP contribution in [0.3, 0.4) is 0 Å². The van der Waals surface area contributed by atoms with Gasteiger partial charge in [0.15, 0.2) is 5.78 Å². The molecular formula is C22H24ClN3O3. The highest BCUT2D eigenvalue weighted by Crippen LogP contribution is 2.45. The molecule has 6 nitrogen and oxygen atoms in total. The van der Waals surface area contributed by atoms with Gasteiger partial charge in [0, 0.05) is 37.7 Å². The summed E-state index contributed by atoms with van der Waals surface area (Å²) in [6.45, 7) is 7.15. The van der Waals surface area contributed by atoms with Crippen molar-refractivity contribution in [2.75, 3.05) is 42.5 Å². The number of nitrogens with zero attached hydrogens (tertiary/aromatic N) is 2. The van der Waals surface area contributed by atoms with Crippen molar-refractivity contribution in [2.24, 2.45) is 0 Å². The van der Waals surface area contributed by atoms with Crippen LogP contribution >= 0.6 is 11.6 Å². The molecule has 4 rings (SSSR count). The average molecular weight is 414 g/mol. The van der Waals surface area contributed by atoms with Gasteiger partial charge in [-0.15, -0.1) is 0 Å². The summed E-state index contributed by atoms with van der Waals surface area (Å²) in [4.78, 5) is 31.2. The Labute approximate surface area is 175 Å². The molecule has 0 aliphatic carbocycles. The number of phenolic OH excluding ortho intramolecular Hbond substituents is 1. The highest BCUT2D eigenvalue weighted by atomic mass is 35.5. The zero-order valence-corrected chi connectivity index (χ0v) is 17.3. The number of fused-ring (bicyclic) bond motifs is 1. The van der Waals surface area contributed by atoms with Crippen LogP contribution in [0.1, 0.15) is 29.8 Å². The number of piperazine rings is 1. The van der Waals surface area contributed by atoms with Crippen molar-refractivity contribution in [3.05, 3.63) is 52.5 Å². The van der Waals surface area contributed by atoms with Gasteiger partial charge in [0.1, 0.15) is 11.2 Å². The van der Waals surface area contributed by atoms with E-state index >= 15 is 0 Å². The Bertz CT molecular complexity index is 970. The second-order valence-corrected chi connectivity index (χ2v) is 8.04. The standard InChI is InChI=1S/C22H24ClN3O3/c1-3-26-18-13-15(23)12-17(25-10-8-24-9-11-25)19(18)20(28)22(2,21(26)29)14-4-6-16(27)7-5-14/h4-7,12-13,24,27H,3,8-11H2,1-2H3. The van der Waals surface area contributed by atoms with Crippen molar-refractivity contribution < 1.29 is 14.7 Å². The molecule has 1 saturated heterocycles. The lowest BCUT2D eigenvalue weighted by Crippen LogP contribution is -2.55. The van der Waals surface area contributed by atoms with Gasteiger partial charge in [0.05, 0.1) is 16.9 Å². The molecule has 2 N–H and O–H groups in total. The maximum absolute atomic E-state index is 13.9. The minimum Gasteiger partial charge on any atom is -0.508 e. The van der Waals surface area contributed by atoms with Gasteiger partial charge in [-0.3, -0.25) is 9.59 Å². The lowest BCUT2D eigenvalue weighted by Gasteiger charge is -2.42. The molecular weight excluding hydrogens is 390 g/mol. The summed E-state index contributed by atoms with van der Waals surface area (Å²) < 4.78 is 0. The summed E-state index contributed by atoms with van der Waals surface area (Å²) in [6.07, 6.45) is 0. The van der Waals surface area contributed by atoms with Crippen LogP contribution < -0.4 is 15.1 Å². The Morgan fingerprint density at radius 1 is 1.10 bits per heavy atom. The van der Waals surface area contributed by atoms with Gasteiger partial charge >= 0.3 is 0 Å². The zero-order valence-electron chi connectivity index (χ0n) is 16.5. The van der Waals surface area contributed by atoms with E-state index in [1.807, 2.05) is 13.0 Å². The number of nitrogens with one attached hydrogen (secondary N) is 1. The van der Waals surface area contributed by atoms with Crippen LogP contribution in [0.4, 0.5) is 11.4 Å². The maximum Gasteiger partial charge on any atom is 0.245 e. The lowest BCUT2D eigenvalue weighted by molar-refractivity contribution is -0.122. The monoisotopic (exact) mass is 413 g/mol. The van der Waals surface area contributed by atoms with E-state index in [2.05, 4.69) is 10.2 Å². The molecule has 1 unspecified atom stereocenters. The quantitative estimate of drug-likeness (QED) is 0.757. The van der Waals surface area contributed by atoms with Gasteiger partial charge in [-0.2, -0.15) is 0 Å². The predicted octanol–water partition coefficient (Wildman–Crippen LogP) is 2.96. The fourth-order valence-electron chi connectivity index (χ4n) is 4.27. The van der Waals surface area contributed by atoms with Crippen molar-refractivity contribution in [1.29, 1.82) is 0 Å². The molecule has 1 amide bonds. The highest BCUT2D eigenvalue weighted by molar-refractivity contribution is 6.34. The Balaban J connectivity index is 1.94. The second-order valence-electron chi connectivity index (χ2n) is 7.61. The van der Waals surface area contributed by atoms with Crippen molar-refractivity contribution >= 4 is 34.7 Å². The summed E-state index contributed by atoms with van der Waals surface area (Å²) in [5.74, 6) is -0.427. The molecule has 0 bridgehead atoms. The van der Waals surface area contributed by atoms with E-state index in [0.29, 0.717) is 28.4 Å². The molecule has 0 spiro atoms. The number of phenols is 1. The third-order valence-electron chi connectivity index (χ3n) is 5.92. The minimum absolute atomic E-state index is 0.0918. The molecule has 0 aromatic heterocycles. The average Bonchev–Trinajstić information content (AvgIpc) is 2.73. The number of hydrogen-bond acceptors (Lipinski definition) is 5. The van der Waals surface area contributed by atoms with E-state index in [4.69, 9.17) is 11.6 Å². The third kappa shape index (κ3) is 3.07. The SMILES string of the molecule is CCN1C(=O)C(C)(c2ccc(O)cc2)C(=O)c2c(N3CCNCC3)cc(Cl)cc21. The predicted molar refractivity (Wildman–Crippen MR) is 114 cm³/mol. The first-order valence-corrected chi connectivity index (χ1v) is 10.2. The van der Waals surface area contributed by atoms with Gasteiger partial charge in [0.25, 0.3) is 0 Å². The second kappa shape index (κ2) is 7.35. The molecule has 2 aliphatic heterocycles. The zero-order chi connectivity index (χ0) is 20.8. The fourth-order valence-corrected chi connectivity index (χ4v) is 4.48. The van der Waals surface area contributed by atoms with E-state index in [9.17, 15) is 14.7 Å². The highest BCUT2D eigenvalue weighted by Gasteiger charge is 2.51. The van der Waals surface area contributed by atoms with Gasteiger partial charge in [-0.1, -0.05) is 23.7 Å². The Morgan fingerprint density at radius 2 is 1.72 bits per heavy atom. The molecule has 2 aliphatic rings. The number of Topliss-reactive ketones (excluding diaryl/α,β-unsaturated/α-hetero) is 1. The summed E-state index contributed by atoms with van der Waals surface area (Å²) in [5.41, 5.74) is 1.08. The topological polar surface area (TPSA) is 72.9 Å². The number of carbonyl (C=O) groups is 2. The molecule has 1 fully saturated rings. The number of hydrogen-bond donors (Lipinski definition) is 2. The van der Waals surface area contributed by atoms with E-state index in [0.717, 1.165) is 31.9 Å². The van der Waals surface area contributed by atoms with Crippen LogP contribution in [0.2, 0.25) is 5.02 Å². The summed E-state index contributed by atoms with van der Waals surface area (Å²) in [7, 11) is 0. The van der Waals surface area contributed by atoms with Crippen molar-refractivity contribution in [3.63, 3.8) is 0 Å². The van der Waals surface area contributed by atoms with E-state index in [1.165, 1.54) is 12.1 Å². The van der Waals surface area contributed by atoms with Crippen LogP contribution in [0, 0.1) is 0 Å². The molecule has 1 atom stereocenters. The van der Waals surface area contributed by atoms with Crippen LogP contribution in [0.5, 0.6) is 5.75 Å². The van der Waals surface area contributed by atoms with E-state index in [1.54, 1.807) is 30.0 Å².